The van der Waals surface area contributed by atoms with Gasteiger partial charge in [-0.2, -0.15) is 0 Å². The van der Waals surface area contributed by atoms with E-state index in [-0.39, 0.29) is 6.10 Å². The summed E-state index contributed by atoms with van der Waals surface area (Å²) in [6.45, 7) is 10.3. The van der Waals surface area contributed by atoms with Gasteiger partial charge < -0.3 is 14.7 Å². The summed E-state index contributed by atoms with van der Waals surface area (Å²) in [6, 6.07) is 8.08. The van der Waals surface area contributed by atoms with Crippen LogP contribution in [0.2, 0.25) is 0 Å². The molecular formula is C21H28N4O2. The Balaban J connectivity index is 1.34. The maximum atomic E-state index is 10.7. The van der Waals surface area contributed by atoms with Crippen molar-refractivity contribution in [3.63, 3.8) is 0 Å². The predicted octanol–water partition coefficient (Wildman–Crippen LogP) is 2.27. The Kier molecular flexibility index (Phi) is 5.02. The normalized spacial score (nSPS) is 21.0. The zero-order valence-electron chi connectivity index (χ0n) is 16.4. The van der Waals surface area contributed by atoms with Gasteiger partial charge >= 0.3 is 0 Å². The molecule has 2 atom stereocenters. The zero-order chi connectivity index (χ0) is 19.0. The molecule has 1 aromatic carbocycles. The van der Waals surface area contributed by atoms with Gasteiger partial charge in [-0.15, -0.1) is 0 Å². The third kappa shape index (κ3) is 4.06. The van der Waals surface area contributed by atoms with E-state index in [2.05, 4.69) is 32.8 Å². The molecule has 4 rings (SSSR count). The number of benzene rings is 1. The first-order valence-corrected chi connectivity index (χ1v) is 9.75. The van der Waals surface area contributed by atoms with Crippen molar-refractivity contribution < 1.29 is 9.84 Å². The molecule has 27 heavy (non-hydrogen) atoms. The molecule has 6 heteroatoms. The SMILES string of the molecule is Cc1cc(C)nc(N2CCN(C[C@@H](O)c3ccc4c(c3)C[C@H](C)O4)CC2)n1. The van der Waals surface area contributed by atoms with E-state index in [1.807, 2.05) is 32.0 Å². The van der Waals surface area contributed by atoms with Crippen molar-refractivity contribution in [2.75, 3.05) is 37.6 Å². The number of aliphatic hydroxyl groups excluding tert-OH is 1. The fourth-order valence-corrected chi connectivity index (χ4v) is 3.98. The summed E-state index contributed by atoms with van der Waals surface area (Å²) >= 11 is 0. The van der Waals surface area contributed by atoms with Crippen molar-refractivity contribution in [3.8, 4) is 5.75 Å². The first-order valence-electron chi connectivity index (χ1n) is 9.75. The lowest BCUT2D eigenvalue weighted by molar-refractivity contribution is 0.109. The molecular weight excluding hydrogens is 340 g/mol. The third-order valence-electron chi connectivity index (χ3n) is 5.36. The fraction of sp³-hybridized carbons (Fsp3) is 0.524. The molecule has 144 valence electrons. The number of piperazine rings is 1. The lowest BCUT2D eigenvalue weighted by Gasteiger charge is -2.35. The average Bonchev–Trinajstić information content (AvgIpc) is 3.00. The van der Waals surface area contributed by atoms with Crippen molar-refractivity contribution in [1.82, 2.24) is 14.9 Å². The number of nitrogens with zero attached hydrogens (tertiary/aromatic N) is 4. The Hall–Kier alpha value is -2.18. The Morgan fingerprint density at radius 2 is 1.81 bits per heavy atom. The van der Waals surface area contributed by atoms with Gasteiger partial charge in [0.2, 0.25) is 5.95 Å². The van der Waals surface area contributed by atoms with Gasteiger partial charge in [0.25, 0.3) is 0 Å². The van der Waals surface area contributed by atoms with Crippen molar-refractivity contribution in [2.45, 2.75) is 39.4 Å². The van der Waals surface area contributed by atoms with Crippen LogP contribution in [0.15, 0.2) is 24.3 Å². The standard InChI is InChI=1S/C21H28N4O2/c1-14-10-15(2)23-21(22-14)25-8-6-24(7-9-25)13-19(26)17-4-5-20-18(12-17)11-16(3)27-20/h4-5,10,12,16,19,26H,6-9,11,13H2,1-3H3/t16-,19+/m0/s1. The van der Waals surface area contributed by atoms with E-state index in [1.54, 1.807) is 0 Å². The highest BCUT2D eigenvalue weighted by Gasteiger charge is 2.24. The van der Waals surface area contributed by atoms with Crippen LogP contribution in [0.3, 0.4) is 0 Å². The van der Waals surface area contributed by atoms with Crippen LogP contribution in [0.25, 0.3) is 0 Å². The van der Waals surface area contributed by atoms with Gasteiger partial charge in [0.15, 0.2) is 0 Å². The highest BCUT2D eigenvalue weighted by atomic mass is 16.5. The van der Waals surface area contributed by atoms with E-state index in [0.717, 1.165) is 61.2 Å². The highest BCUT2D eigenvalue weighted by molar-refractivity contribution is 5.41. The predicted molar refractivity (Wildman–Crippen MR) is 105 cm³/mol. The quantitative estimate of drug-likeness (QED) is 0.893. The molecule has 1 aromatic heterocycles. The molecule has 0 radical (unpaired) electrons. The Bertz CT molecular complexity index is 798. The van der Waals surface area contributed by atoms with Crippen molar-refractivity contribution in [1.29, 1.82) is 0 Å². The largest absolute Gasteiger partial charge is 0.490 e. The van der Waals surface area contributed by atoms with Gasteiger partial charge in [-0.25, -0.2) is 9.97 Å². The number of anilines is 1. The van der Waals surface area contributed by atoms with Crippen LogP contribution >= 0.6 is 0 Å². The van der Waals surface area contributed by atoms with Crippen molar-refractivity contribution in [2.24, 2.45) is 0 Å². The number of ether oxygens (including phenoxy) is 1. The van der Waals surface area contributed by atoms with Crippen LogP contribution in [-0.4, -0.2) is 58.8 Å². The minimum atomic E-state index is -0.477. The second-order valence-corrected chi connectivity index (χ2v) is 7.75. The van der Waals surface area contributed by atoms with Gasteiger partial charge in [0.1, 0.15) is 11.9 Å². The monoisotopic (exact) mass is 368 g/mol. The summed E-state index contributed by atoms with van der Waals surface area (Å²) in [7, 11) is 0. The van der Waals surface area contributed by atoms with Crippen LogP contribution in [0.5, 0.6) is 5.75 Å². The number of aliphatic hydroxyl groups is 1. The summed E-state index contributed by atoms with van der Waals surface area (Å²) < 4.78 is 5.75. The molecule has 3 heterocycles. The van der Waals surface area contributed by atoms with Gasteiger partial charge in [-0.1, -0.05) is 6.07 Å². The van der Waals surface area contributed by atoms with Gasteiger partial charge in [-0.3, -0.25) is 4.90 Å². The van der Waals surface area contributed by atoms with Crippen LogP contribution in [-0.2, 0) is 6.42 Å². The second kappa shape index (κ2) is 7.44. The van der Waals surface area contributed by atoms with Crippen molar-refractivity contribution >= 4 is 5.95 Å². The maximum absolute atomic E-state index is 10.7. The minimum Gasteiger partial charge on any atom is -0.490 e. The number of aromatic nitrogens is 2. The van der Waals surface area contributed by atoms with Crippen molar-refractivity contribution in [3.05, 3.63) is 46.8 Å². The van der Waals surface area contributed by atoms with E-state index in [4.69, 9.17) is 4.74 Å². The van der Waals surface area contributed by atoms with E-state index in [1.165, 1.54) is 5.56 Å². The van der Waals surface area contributed by atoms with E-state index in [0.29, 0.717) is 6.54 Å². The minimum absolute atomic E-state index is 0.230. The van der Waals surface area contributed by atoms with Crippen LogP contribution in [0.1, 0.15) is 35.5 Å². The number of rotatable bonds is 4. The molecule has 1 saturated heterocycles. The summed E-state index contributed by atoms with van der Waals surface area (Å²) in [6.07, 6.45) is 0.674. The fourth-order valence-electron chi connectivity index (χ4n) is 3.98. The highest BCUT2D eigenvalue weighted by Crippen LogP contribution is 2.31. The van der Waals surface area contributed by atoms with Crippen LogP contribution in [0, 0.1) is 13.8 Å². The molecule has 2 aliphatic rings. The van der Waals surface area contributed by atoms with Gasteiger partial charge in [0.05, 0.1) is 6.10 Å². The lowest BCUT2D eigenvalue weighted by Crippen LogP contribution is -2.48. The van der Waals surface area contributed by atoms with Crippen LogP contribution in [0.4, 0.5) is 5.95 Å². The molecule has 2 aliphatic heterocycles. The third-order valence-corrected chi connectivity index (χ3v) is 5.36. The van der Waals surface area contributed by atoms with Gasteiger partial charge in [-0.05, 0) is 50.1 Å². The zero-order valence-corrected chi connectivity index (χ0v) is 16.4. The average molecular weight is 368 g/mol. The maximum Gasteiger partial charge on any atom is 0.225 e. The van der Waals surface area contributed by atoms with Gasteiger partial charge in [0, 0.05) is 50.5 Å². The number of fused-ring (bicyclic) bond motifs is 1. The molecule has 0 amide bonds. The molecule has 0 spiro atoms. The van der Waals surface area contributed by atoms with E-state index in [9.17, 15) is 5.11 Å². The molecule has 1 fully saturated rings. The molecule has 6 nitrogen and oxygen atoms in total. The Morgan fingerprint density at radius 1 is 1.11 bits per heavy atom. The smallest absolute Gasteiger partial charge is 0.225 e. The number of hydrogen-bond donors (Lipinski definition) is 1. The summed E-state index contributed by atoms with van der Waals surface area (Å²) in [5, 5.41) is 10.7. The lowest BCUT2D eigenvalue weighted by atomic mass is 10.0. The first-order chi connectivity index (χ1) is 13.0. The summed E-state index contributed by atoms with van der Waals surface area (Å²) in [5.41, 5.74) is 4.19. The molecule has 1 N–H and O–H groups in total. The first kappa shape index (κ1) is 18.2. The number of hydrogen-bond acceptors (Lipinski definition) is 6. The number of aryl methyl sites for hydroxylation is 2. The molecule has 0 bridgehead atoms. The second-order valence-electron chi connectivity index (χ2n) is 7.75. The number of β-amino-alcohol motifs (C(OH)–C–C–N with tert-alkyl or cyclic N) is 1. The Morgan fingerprint density at radius 3 is 2.52 bits per heavy atom. The summed E-state index contributed by atoms with van der Waals surface area (Å²) in [4.78, 5) is 13.7. The van der Waals surface area contributed by atoms with Crippen LogP contribution < -0.4 is 9.64 Å². The topological polar surface area (TPSA) is 61.7 Å². The molecule has 2 aromatic rings. The molecule has 0 saturated carbocycles. The molecule has 0 unspecified atom stereocenters. The van der Waals surface area contributed by atoms with E-state index >= 15 is 0 Å². The molecule has 0 aliphatic carbocycles. The summed E-state index contributed by atoms with van der Waals surface area (Å²) in [5.74, 6) is 1.78. The van der Waals surface area contributed by atoms with E-state index < -0.39 is 6.10 Å². The Labute approximate surface area is 160 Å².